The van der Waals surface area contributed by atoms with Crippen LogP contribution in [0.2, 0.25) is 0 Å². The van der Waals surface area contributed by atoms with Crippen molar-refractivity contribution in [3.8, 4) is 0 Å². The van der Waals surface area contributed by atoms with E-state index in [2.05, 4.69) is 4.90 Å². The third kappa shape index (κ3) is 1.74. The highest BCUT2D eigenvalue weighted by Gasteiger charge is 2.24. The summed E-state index contributed by atoms with van der Waals surface area (Å²) < 4.78 is 5.24. The topological polar surface area (TPSA) is 12.5 Å². The summed E-state index contributed by atoms with van der Waals surface area (Å²) in [5.74, 6) is 0. The number of rotatable bonds is 1. The van der Waals surface area contributed by atoms with E-state index >= 15 is 0 Å². The Hall–Kier alpha value is -0.0800. The van der Waals surface area contributed by atoms with Gasteiger partial charge in [-0.2, -0.15) is 0 Å². The lowest BCUT2D eigenvalue weighted by molar-refractivity contribution is 0.168. The Bertz CT molecular complexity index is 115. The van der Waals surface area contributed by atoms with Gasteiger partial charge in [-0.15, -0.1) is 0 Å². The van der Waals surface area contributed by atoms with E-state index in [-0.39, 0.29) is 0 Å². The summed E-state index contributed by atoms with van der Waals surface area (Å²) in [6.45, 7) is 5.52. The van der Waals surface area contributed by atoms with Crippen molar-refractivity contribution in [3.63, 3.8) is 0 Å². The molecule has 0 aromatic carbocycles. The molecule has 2 heteroatoms. The van der Waals surface area contributed by atoms with Crippen LogP contribution in [0.1, 0.15) is 25.7 Å². The first kappa shape index (κ1) is 7.56. The average molecular weight is 154 g/mol. The number of likely N-dealkylation sites (tertiary alicyclic amines) is 1. The van der Waals surface area contributed by atoms with Crippen LogP contribution < -0.4 is 0 Å². The molecule has 0 saturated carbocycles. The van der Waals surface area contributed by atoms with Crippen molar-refractivity contribution in [2.45, 2.75) is 31.7 Å². The first-order valence-electron chi connectivity index (χ1n) is 4.66. The van der Waals surface area contributed by atoms with E-state index < -0.39 is 0 Å². The molecule has 0 amide bonds. The zero-order chi connectivity index (χ0) is 7.52. The molecule has 2 aliphatic heterocycles. The van der Waals surface area contributed by atoms with Gasteiger partial charge in [0.15, 0.2) is 0 Å². The maximum Gasteiger partial charge on any atom is 0.101 e. The molecule has 11 heavy (non-hydrogen) atoms. The molecule has 0 N–H and O–H groups in total. The Morgan fingerprint density at radius 1 is 1.18 bits per heavy atom. The summed E-state index contributed by atoms with van der Waals surface area (Å²) in [7, 11) is 0. The molecule has 1 radical (unpaired) electrons. The smallest absolute Gasteiger partial charge is 0.101 e. The minimum atomic E-state index is 0.635. The Morgan fingerprint density at radius 2 is 2.00 bits per heavy atom. The maximum atomic E-state index is 5.24. The Balaban J connectivity index is 1.82. The van der Waals surface area contributed by atoms with Crippen molar-refractivity contribution in [2.75, 3.05) is 19.7 Å². The lowest BCUT2D eigenvalue weighted by Crippen LogP contribution is -2.37. The number of hydrogen-bond donors (Lipinski definition) is 0. The van der Waals surface area contributed by atoms with Gasteiger partial charge in [0, 0.05) is 12.6 Å². The van der Waals surface area contributed by atoms with Crippen LogP contribution in [0.3, 0.4) is 0 Å². The first-order valence-corrected chi connectivity index (χ1v) is 4.66. The molecule has 0 aromatic rings. The van der Waals surface area contributed by atoms with Gasteiger partial charge in [-0.3, -0.25) is 4.90 Å². The summed E-state index contributed by atoms with van der Waals surface area (Å²) in [6, 6.07) is 0.635. The van der Waals surface area contributed by atoms with E-state index in [0.717, 1.165) is 6.61 Å². The Kier molecular flexibility index (Phi) is 2.44. The van der Waals surface area contributed by atoms with Crippen molar-refractivity contribution in [3.05, 3.63) is 6.61 Å². The van der Waals surface area contributed by atoms with Crippen LogP contribution >= 0.6 is 0 Å². The fourth-order valence-electron chi connectivity index (χ4n) is 1.95. The highest BCUT2D eigenvalue weighted by atomic mass is 16.5. The van der Waals surface area contributed by atoms with Gasteiger partial charge in [0.25, 0.3) is 0 Å². The van der Waals surface area contributed by atoms with Gasteiger partial charge in [0.2, 0.25) is 0 Å². The third-order valence-electron chi connectivity index (χ3n) is 2.64. The van der Waals surface area contributed by atoms with Gasteiger partial charge >= 0.3 is 0 Å². The molecule has 0 aliphatic carbocycles. The monoisotopic (exact) mass is 154 g/mol. The molecular weight excluding hydrogens is 138 g/mol. The Morgan fingerprint density at radius 3 is 2.64 bits per heavy atom. The summed E-state index contributed by atoms with van der Waals surface area (Å²) >= 11 is 0. The van der Waals surface area contributed by atoms with E-state index in [0.29, 0.717) is 6.04 Å². The van der Waals surface area contributed by atoms with Crippen molar-refractivity contribution in [2.24, 2.45) is 0 Å². The van der Waals surface area contributed by atoms with Gasteiger partial charge in [0.1, 0.15) is 6.61 Å². The van der Waals surface area contributed by atoms with Crippen molar-refractivity contribution < 1.29 is 4.74 Å². The largest absolute Gasteiger partial charge is 0.374 e. The predicted octanol–water partition coefficient (Wildman–Crippen LogP) is 1.42. The third-order valence-corrected chi connectivity index (χ3v) is 2.64. The minimum Gasteiger partial charge on any atom is -0.374 e. The molecule has 0 aromatic heterocycles. The van der Waals surface area contributed by atoms with E-state index in [4.69, 9.17) is 4.74 Å². The van der Waals surface area contributed by atoms with Gasteiger partial charge in [-0.1, -0.05) is 6.42 Å². The molecule has 2 fully saturated rings. The Labute approximate surface area is 68.5 Å². The van der Waals surface area contributed by atoms with Gasteiger partial charge in [-0.05, 0) is 32.4 Å². The van der Waals surface area contributed by atoms with Crippen LogP contribution in [0.5, 0.6) is 0 Å². The SMILES string of the molecule is [CH]1OCCC1N1CCCCC1. The predicted molar refractivity (Wildman–Crippen MR) is 44.1 cm³/mol. The van der Waals surface area contributed by atoms with E-state index in [1.54, 1.807) is 0 Å². The minimum absolute atomic E-state index is 0.635. The molecule has 1 unspecified atom stereocenters. The lowest BCUT2D eigenvalue weighted by atomic mass is 10.1. The molecule has 2 rings (SSSR count). The van der Waals surface area contributed by atoms with Crippen LogP contribution in [0.25, 0.3) is 0 Å². The van der Waals surface area contributed by atoms with Gasteiger partial charge < -0.3 is 4.74 Å². The van der Waals surface area contributed by atoms with Crippen LogP contribution in [0.4, 0.5) is 0 Å². The van der Waals surface area contributed by atoms with E-state index in [1.165, 1.54) is 38.8 Å². The number of piperidine rings is 1. The quantitative estimate of drug-likeness (QED) is 0.566. The number of hydrogen-bond acceptors (Lipinski definition) is 2. The molecule has 0 spiro atoms. The van der Waals surface area contributed by atoms with E-state index in [1.807, 2.05) is 6.61 Å². The fraction of sp³-hybridized carbons (Fsp3) is 0.889. The highest BCUT2D eigenvalue weighted by Crippen LogP contribution is 2.20. The highest BCUT2D eigenvalue weighted by molar-refractivity contribution is 4.84. The first-order chi connectivity index (χ1) is 5.47. The molecule has 2 nitrogen and oxygen atoms in total. The molecular formula is C9H16NO. The number of nitrogens with zero attached hydrogens (tertiary/aromatic N) is 1. The number of ether oxygens (including phenoxy) is 1. The normalized spacial score (nSPS) is 34.4. The van der Waals surface area contributed by atoms with Crippen LogP contribution in [0, 0.1) is 6.61 Å². The lowest BCUT2D eigenvalue weighted by Gasteiger charge is -2.30. The molecule has 2 heterocycles. The summed E-state index contributed by atoms with van der Waals surface area (Å²) in [5, 5.41) is 0. The molecule has 63 valence electrons. The van der Waals surface area contributed by atoms with Crippen LogP contribution in [-0.4, -0.2) is 30.6 Å². The fourth-order valence-corrected chi connectivity index (χ4v) is 1.95. The van der Waals surface area contributed by atoms with Crippen LogP contribution in [0.15, 0.2) is 0 Å². The van der Waals surface area contributed by atoms with Crippen molar-refractivity contribution in [1.29, 1.82) is 0 Å². The summed E-state index contributed by atoms with van der Waals surface area (Å²) in [6.07, 6.45) is 5.39. The molecule has 1 atom stereocenters. The van der Waals surface area contributed by atoms with Crippen LogP contribution in [-0.2, 0) is 4.74 Å². The van der Waals surface area contributed by atoms with Gasteiger partial charge in [0.05, 0.1) is 0 Å². The zero-order valence-electron chi connectivity index (χ0n) is 6.96. The van der Waals surface area contributed by atoms with Gasteiger partial charge in [-0.25, -0.2) is 0 Å². The maximum absolute atomic E-state index is 5.24. The summed E-state index contributed by atoms with van der Waals surface area (Å²) in [5.41, 5.74) is 0. The van der Waals surface area contributed by atoms with E-state index in [9.17, 15) is 0 Å². The molecule has 2 aliphatic rings. The molecule has 2 saturated heterocycles. The van der Waals surface area contributed by atoms with Crippen molar-refractivity contribution in [1.82, 2.24) is 4.90 Å². The molecule has 0 bridgehead atoms. The summed E-state index contributed by atoms with van der Waals surface area (Å²) in [4.78, 5) is 2.55. The second kappa shape index (κ2) is 3.55. The standard InChI is InChI=1S/C9H16NO/c1-2-5-10(6-3-1)9-4-7-11-8-9/h8-9H,1-7H2. The zero-order valence-corrected chi connectivity index (χ0v) is 6.96. The second-order valence-corrected chi connectivity index (χ2v) is 3.46. The van der Waals surface area contributed by atoms with Crippen molar-refractivity contribution >= 4 is 0 Å². The average Bonchev–Trinajstić information content (AvgIpc) is 2.58. The second-order valence-electron chi connectivity index (χ2n) is 3.46.